The highest BCUT2D eigenvalue weighted by Crippen LogP contribution is 2.22. The van der Waals surface area contributed by atoms with E-state index in [1.165, 1.54) is 18.2 Å². The van der Waals surface area contributed by atoms with Crippen molar-refractivity contribution in [2.45, 2.75) is 0 Å². The summed E-state index contributed by atoms with van der Waals surface area (Å²) in [6.45, 7) is 0. The average molecular weight is 249 g/mol. The van der Waals surface area contributed by atoms with E-state index in [1.54, 1.807) is 12.1 Å². The molecule has 0 spiro atoms. The lowest BCUT2D eigenvalue weighted by Crippen LogP contribution is -2.20. The summed E-state index contributed by atoms with van der Waals surface area (Å²) >= 11 is 4.57. The molecule has 0 heterocycles. The van der Waals surface area contributed by atoms with Gasteiger partial charge in [0.2, 0.25) is 0 Å². The van der Waals surface area contributed by atoms with Crippen molar-refractivity contribution >= 4 is 34.3 Å². The number of nitro groups is 1. The van der Waals surface area contributed by atoms with Gasteiger partial charge in [0.25, 0.3) is 5.69 Å². The Kier molecular flexibility index (Phi) is 4.08. The molecule has 1 rings (SSSR count). The Morgan fingerprint density at radius 2 is 2.24 bits per heavy atom. The Morgan fingerprint density at radius 3 is 2.76 bits per heavy atom. The Labute approximate surface area is 102 Å². The molecule has 0 bridgehead atoms. The van der Waals surface area contributed by atoms with Crippen molar-refractivity contribution in [3.63, 3.8) is 0 Å². The third-order valence-corrected chi connectivity index (χ3v) is 1.92. The Hall–Kier alpha value is -2.53. The third-order valence-electron chi connectivity index (χ3n) is 1.73. The molecule has 0 atom stereocenters. The maximum Gasteiger partial charge on any atom is 0.294 e. The molecule has 1 aromatic carbocycles. The number of nitro benzene ring substituents is 1. The number of hydrogen-bond donors (Lipinski definition) is 2. The lowest BCUT2D eigenvalue weighted by atomic mass is 10.3. The predicted molar refractivity (Wildman–Crippen MR) is 66.6 cm³/mol. The minimum Gasteiger partial charge on any atom is -0.387 e. The highest BCUT2D eigenvalue weighted by Gasteiger charge is 2.11. The molecule has 0 unspecified atom stereocenters. The predicted octanol–water partition coefficient (Wildman–Crippen LogP) is 1.17. The summed E-state index contributed by atoms with van der Waals surface area (Å²) in [6, 6.07) is 7.55. The van der Waals surface area contributed by atoms with Crippen LogP contribution in [0.25, 0.3) is 0 Å². The highest BCUT2D eigenvalue weighted by atomic mass is 32.1. The van der Waals surface area contributed by atoms with Crippen LogP contribution in [0.5, 0.6) is 0 Å². The zero-order valence-corrected chi connectivity index (χ0v) is 9.27. The minimum absolute atomic E-state index is 0.154. The van der Waals surface area contributed by atoms with Crippen LogP contribution in [0.2, 0.25) is 0 Å². The van der Waals surface area contributed by atoms with Crippen LogP contribution in [0.15, 0.2) is 29.4 Å². The van der Waals surface area contributed by atoms with E-state index < -0.39 is 4.92 Å². The van der Waals surface area contributed by atoms with E-state index in [0.29, 0.717) is 0 Å². The van der Waals surface area contributed by atoms with Gasteiger partial charge in [-0.3, -0.25) is 15.5 Å². The van der Waals surface area contributed by atoms with Gasteiger partial charge in [-0.1, -0.05) is 24.4 Å². The van der Waals surface area contributed by atoms with E-state index in [-0.39, 0.29) is 22.1 Å². The smallest absolute Gasteiger partial charge is 0.294 e. The second kappa shape index (κ2) is 5.53. The molecule has 0 radical (unpaired) electrons. The monoisotopic (exact) mass is 249 g/mol. The van der Waals surface area contributed by atoms with Crippen molar-refractivity contribution in [3.8, 4) is 6.07 Å². The number of nitrogens with one attached hydrogen (secondary N) is 1. The van der Waals surface area contributed by atoms with Gasteiger partial charge in [0, 0.05) is 6.07 Å². The van der Waals surface area contributed by atoms with Gasteiger partial charge >= 0.3 is 0 Å². The number of para-hydroxylation sites is 2. The molecule has 0 aliphatic heterocycles. The van der Waals surface area contributed by atoms with Crippen molar-refractivity contribution in [2.24, 2.45) is 10.8 Å². The van der Waals surface area contributed by atoms with E-state index in [1.807, 2.05) is 0 Å². The first-order valence-electron chi connectivity index (χ1n) is 4.33. The average Bonchev–Trinajstić information content (AvgIpc) is 2.29. The van der Waals surface area contributed by atoms with E-state index in [0.717, 1.165) is 0 Å². The molecule has 17 heavy (non-hydrogen) atoms. The summed E-state index contributed by atoms with van der Waals surface area (Å²) in [4.78, 5) is 9.92. The zero-order chi connectivity index (χ0) is 12.8. The number of rotatable bonds is 4. The number of benzene rings is 1. The number of nitrogens with zero attached hydrogens (tertiary/aromatic N) is 3. The lowest BCUT2D eigenvalue weighted by molar-refractivity contribution is -0.384. The van der Waals surface area contributed by atoms with Gasteiger partial charge in [0.15, 0.2) is 5.71 Å². The standard InChI is InChI=1S/C9H7N5O2S/c10-5-7(9(11)17)13-12-6-3-1-2-4-8(6)14(15)16/h1-4,12H,(H2,11,17). The number of nitriles is 1. The quantitative estimate of drug-likeness (QED) is 0.358. The van der Waals surface area contributed by atoms with E-state index in [2.05, 4.69) is 22.7 Å². The largest absolute Gasteiger partial charge is 0.387 e. The van der Waals surface area contributed by atoms with Crippen LogP contribution in [0, 0.1) is 21.4 Å². The molecular formula is C9H7N5O2S. The summed E-state index contributed by atoms with van der Waals surface area (Å²) in [5.74, 6) is 0. The van der Waals surface area contributed by atoms with E-state index in [9.17, 15) is 10.1 Å². The van der Waals surface area contributed by atoms with Crippen LogP contribution in [-0.2, 0) is 0 Å². The molecule has 0 saturated carbocycles. The van der Waals surface area contributed by atoms with Crippen molar-refractivity contribution in [3.05, 3.63) is 34.4 Å². The van der Waals surface area contributed by atoms with Crippen LogP contribution < -0.4 is 11.2 Å². The van der Waals surface area contributed by atoms with Crippen LogP contribution >= 0.6 is 12.2 Å². The number of thiocarbonyl (C=S) groups is 1. The summed E-state index contributed by atoms with van der Waals surface area (Å²) in [7, 11) is 0. The van der Waals surface area contributed by atoms with Crippen molar-refractivity contribution in [1.82, 2.24) is 0 Å². The van der Waals surface area contributed by atoms with Crippen molar-refractivity contribution in [1.29, 1.82) is 5.26 Å². The first kappa shape index (κ1) is 12.5. The molecular weight excluding hydrogens is 242 g/mol. The van der Waals surface area contributed by atoms with E-state index in [4.69, 9.17) is 11.0 Å². The summed E-state index contributed by atoms with van der Waals surface area (Å²) < 4.78 is 0. The first-order chi connectivity index (χ1) is 8.06. The minimum atomic E-state index is -0.565. The van der Waals surface area contributed by atoms with Gasteiger partial charge in [0.1, 0.15) is 16.7 Å². The van der Waals surface area contributed by atoms with Crippen molar-refractivity contribution < 1.29 is 4.92 Å². The van der Waals surface area contributed by atoms with Crippen LogP contribution in [0.1, 0.15) is 0 Å². The summed E-state index contributed by atoms with van der Waals surface area (Å²) in [6.07, 6.45) is 0. The van der Waals surface area contributed by atoms with E-state index >= 15 is 0 Å². The molecule has 0 aliphatic carbocycles. The zero-order valence-electron chi connectivity index (χ0n) is 8.45. The van der Waals surface area contributed by atoms with Crippen molar-refractivity contribution in [2.75, 3.05) is 5.43 Å². The lowest BCUT2D eigenvalue weighted by Gasteiger charge is -2.01. The molecule has 1 aromatic rings. The normalized spacial score (nSPS) is 10.4. The molecule has 0 saturated heterocycles. The fraction of sp³-hybridized carbons (Fsp3) is 0. The Bertz CT molecular complexity index is 534. The molecule has 0 fully saturated rings. The van der Waals surface area contributed by atoms with Gasteiger partial charge in [0.05, 0.1) is 4.92 Å². The maximum absolute atomic E-state index is 10.7. The second-order valence-electron chi connectivity index (χ2n) is 2.82. The molecule has 8 heteroatoms. The summed E-state index contributed by atoms with van der Waals surface area (Å²) in [5, 5.41) is 22.9. The van der Waals surface area contributed by atoms with Crippen LogP contribution in [0.4, 0.5) is 11.4 Å². The van der Waals surface area contributed by atoms with Gasteiger partial charge in [-0.15, -0.1) is 0 Å². The van der Waals surface area contributed by atoms with Crippen LogP contribution in [-0.4, -0.2) is 15.6 Å². The molecule has 0 aliphatic rings. The number of nitrogens with two attached hydrogens (primary N) is 1. The third kappa shape index (κ3) is 3.22. The fourth-order valence-electron chi connectivity index (χ4n) is 0.979. The second-order valence-corrected chi connectivity index (χ2v) is 3.26. The number of anilines is 1. The maximum atomic E-state index is 10.7. The Morgan fingerprint density at radius 1 is 1.59 bits per heavy atom. The van der Waals surface area contributed by atoms with Gasteiger partial charge in [-0.25, -0.2) is 0 Å². The topological polar surface area (TPSA) is 117 Å². The number of hydrogen-bond acceptors (Lipinski definition) is 6. The summed E-state index contributed by atoms with van der Waals surface area (Å²) in [5.41, 5.74) is 7.40. The molecule has 3 N–H and O–H groups in total. The molecule has 0 amide bonds. The molecule has 0 aromatic heterocycles. The van der Waals surface area contributed by atoms with Crippen LogP contribution in [0.3, 0.4) is 0 Å². The molecule has 86 valence electrons. The first-order valence-corrected chi connectivity index (χ1v) is 4.74. The van der Waals surface area contributed by atoms with Gasteiger partial charge in [-0.2, -0.15) is 10.4 Å². The fourth-order valence-corrected chi connectivity index (χ4v) is 1.07. The van der Waals surface area contributed by atoms with Gasteiger partial charge in [-0.05, 0) is 6.07 Å². The van der Waals surface area contributed by atoms with Gasteiger partial charge < -0.3 is 5.73 Å². The number of hydrazone groups is 1. The Balaban J connectivity index is 3.01. The highest BCUT2D eigenvalue weighted by molar-refractivity contribution is 7.82. The molecule has 7 nitrogen and oxygen atoms in total. The SMILES string of the molecule is N#CC(=NNc1ccccc1[N+](=O)[O-])C(N)=S.